The highest BCUT2D eigenvalue weighted by Crippen LogP contribution is 2.19. The second-order valence-corrected chi connectivity index (χ2v) is 6.70. The van der Waals surface area contributed by atoms with Crippen LogP contribution in [0.25, 0.3) is 11.4 Å². The minimum Gasteiger partial charge on any atom is -0.328 e. The number of aromatic nitrogens is 2. The Kier molecular flexibility index (Phi) is 10.8. The van der Waals surface area contributed by atoms with Gasteiger partial charge in [-0.3, -0.25) is 10.1 Å². The predicted molar refractivity (Wildman–Crippen MR) is 109 cm³/mol. The molecule has 0 spiro atoms. The van der Waals surface area contributed by atoms with Crippen LogP contribution in [0.4, 0.5) is 5.69 Å². The van der Waals surface area contributed by atoms with Crippen LogP contribution in [0.3, 0.4) is 0 Å². The number of unbranched alkanes of at least 4 members (excludes halogenated alkanes) is 3. The predicted octanol–water partition coefficient (Wildman–Crippen LogP) is 4.07. The summed E-state index contributed by atoms with van der Waals surface area (Å²) in [5.74, 6) is 0.487. The summed E-state index contributed by atoms with van der Waals surface area (Å²) >= 11 is 0. The van der Waals surface area contributed by atoms with E-state index < -0.39 is 4.92 Å². The number of non-ortho nitro benzene ring substituents is 1. The zero-order valence-corrected chi connectivity index (χ0v) is 16.3. The molecule has 148 valence electrons. The summed E-state index contributed by atoms with van der Waals surface area (Å²) in [6.45, 7) is 4.24. The van der Waals surface area contributed by atoms with E-state index in [0.717, 1.165) is 12.8 Å². The van der Waals surface area contributed by atoms with Crippen LogP contribution in [0, 0.1) is 10.1 Å². The Morgan fingerprint density at radius 2 is 1.81 bits per heavy atom. The van der Waals surface area contributed by atoms with Crippen molar-refractivity contribution in [3.05, 3.63) is 52.8 Å². The first-order chi connectivity index (χ1) is 12.9. The highest BCUT2D eigenvalue weighted by atomic mass is 16.6. The molecule has 0 saturated heterocycles. The molecule has 0 aliphatic rings. The maximum absolute atomic E-state index is 10.5. The van der Waals surface area contributed by atoms with E-state index >= 15 is 0 Å². The molecule has 2 rings (SSSR count). The Hall–Kier alpha value is -2.38. The van der Waals surface area contributed by atoms with Gasteiger partial charge in [-0.15, -0.1) is 0 Å². The first kappa shape index (κ1) is 22.7. The van der Waals surface area contributed by atoms with Gasteiger partial charge in [-0.05, 0) is 25.8 Å². The second kappa shape index (κ2) is 12.9. The fourth-order valence-electron chi connectivity index (χ4n) is 2.64. The average Bonchev–Trinajstić information content (AvgIpc) is 2.66. The Labute approximate surface area is 161 Å². The molecule has 2 atom stereocenters. The minimum absolute atomic E-state index is 0.0416. The van der Waals surface area contributed by atoms with Crippen molar-refractivity contribution in [3.8, 4) is 11.4 Å². The smallest absolute Gasteiger partial charge is 0.270 e. The summed E-state index contributed by atoms with van der Waals surface area (Å²) in [5, 5.41) is 10.5. The quantitative estimate of drug-likeness (QED) is 0.388. The fourth-order valence-corrected chi connectivity index (χ4v) is 2.64. The Balaban J connectivity index is 0.000000279. The van der Waals surface area contributed by atoms with E-state index in [4.69, 9.17) is 11.5 Å². The molecule has 0 fully saturated rings. The number of rotatable bonds is 9. The average molecular weight is 374 g/mol. The van der Waals surface area contributed by atoms with Gasteiger partial charge in [-0.25, -0.2) is 9.97 Å². The standard InChI is InChI=1S/C10H7N3O2.C10H24N2/c14-13(15)9-4-1-3-8(7-9)10-11-5-2-6-12-10;1-3-4-5-6-7-10(12)8-9(2)11/h1-7H;9-10H,3-8,11-12H2,1-2H3. The van der Waals surface area contributed by atoms with E-state index in [-0.39, 0.29) is 11.7 Å². The van der Waals surface area contributed by atoms with Crippen LogP contribution in [-0.4, -0.2) is 27.0 Å². The molecular formula is C20H31N5O2. The van der Waals surface area contributed by atoms with E-state index in [1.807, 2.05) is 6.92 Å². The molecule has 27 heavy (non-hydrogen) atoms. The molecule has 7 heteroatoms. The number of nitrogens with zero attached hydrogens (tertiary/aromatic N) is 3. The molecule has 4 N–H and O–H groups in total. The summed E-state index contributed by atoms with van der Waals surface area (Å²) in [4.78, 5) is 18.1. The van der Waals surface area contributed by atoms with Crippen molar-refractivity contribution in [1.82, 2.24) is 9.97 Å². The molecule has 2 aromatic rings. The van der Waals surface area contributed by atoms with Gasteiger partial charge < -0.3 is 11.5 Å². The number of benzene rings is 1. The van der Waals surface area contributed by atoms with E-state index in [1.165, 1.54) is 37.8 Å². The van der Waals surface area contributed by atoms with Crippen molar-refractivity contribution in [3.63, 3.8) is 0 Å². The lowest BCUT2D eigenvalue weighted by atomic mass is 10.0. The van der Waals surface area contributed by atoms with E-state index in [0.29, 0.717) is 17.4 Å². The molecular weight excluding hydrogens is 342 g/mol. The summed E-state index contributed by atoms with van der Waals surface area (Å²) in [6.07, 6.45) is 10.5. The Bertz CT molecular complexity index is 664. The third-order valence-electron chi connectivity index (χ3n) is 3.98. The molecule has 0 amide bonds. The number of nitro groups is 1. The molecule has 7 nitrogen and oxygen atoms in total. The van der Waals surface area contributed by atoms with Gasteiger partial charge >= 0.3 is 0 Å². The molecule has 0 radical (unpaired) electrons. The molecule has 1 heterocycles. The zero-order valence-electron chi connectivity index (χ0n) is 16.3. The fraction of sp³-hybridized carbons (Fsp3) is 0.500. The SMILES string of the molecule is CCCCCCC(N)CC(C)N.O=[N+]([O-])c1cccc(-c2ncccn2)c1. The van der Waals surface area contributed by atoms with Gasteiger partial charge in [0.1, 0.15) is 0 Å². The van der Waals surface area contributed by atoms with E-state index in [1.54, 1.807) is 30.6 Å². The van der Waals surface area contributed by atoms with Crippen LogP contribution in [0.5, 0.6) is 0 Å². The monoisotopic (exact) mass is 373 g/mol. The Morgan fingerprint density at radius 3 is 2.41 bits per heavy atom. The molecule has 0 bridgehead atoms. The summed E-state index contributed by atoms with van der Waals surface area (Å²) in [7, 11) is 0. The van der Waals surface area contributed by atoms with Gasteiger partial charge in [-0.1, -0.05) is 44.7 Å². The summed E-state index contributed by atoms with van der Waals surface area (Å²) in [6, 6.07) is 8.52. The number of nitro benzene ring substituents is 1. The number of hydrogen-bond acceptors (Lipinski definition) is 6. The molecule has 1 aromatic heterocycles. The van der Waals surface area contributed by atoms with Gasteiger partial charge in [0.2, 0.25) is 0 Å². The van der Waals surface area contributed by atoms with Crippen molar-refractivity contribution >= 4 is 5.69 Å². The maximum atomic E-state index is 10.5. The summed E-state index contributed by atoms with van der Waals surface area (Å²) < 4.78 is 0. The van der Waals surface area contributed by atoms with Gasteiger partial charge in [0.25, 0.3) is 5.69 Å². The first-order valence-electron chi connectivity index (χ1n) is 9.47. The molecule has 0 aliphatic heterocycles. The molecule has 0 saturated carbocycles. The van der Waals surface area contributed by atoms with Gasteiger partial charge in [-0.2, -0.15) is 0 Å². The minimum atomic E-state index is -0.438. The number of hydrogen-bond donors (Lipinski definition) is 2. The van der Waals surface area contributed by atoms with Crippen molar-refractivity contribution in [2.45, 2.75) is 64.5 Å². The van der Waals surface area contributed by atoms with Crippen LogP contribution in [0.1, 0.15) is 52.4 Å². The van der Waals surface area contributed by atoms with Gasteiger partial charge in [0.05, 0.1) is 4.92 Å². The molecule has 1 aromatic carbocycles. The second-order valence-electron chi connectivity index (χ2n) is 6.70. The van der Waals surface area contributed by atoms with E-state index in [9.17, 15) is 10.1 Å². The maximum Gasteiger partial charge on any atom is 0.270 e. The number of nitrogens with two attached hydrogens (primary N) is 2. The van der Waals surface area contributed by atoms with Crippen molar-refractivity contribution in [2.75, 3.05) is 0 Å². The normalized spacial score (nSPS) is 12.6. The lowest BCUT2D eigenvalue weighted by molar-refractivity contribution is -0.384. The van der Waals surface area contributed by atoms with Crippen molar-refractivity contribution in [2.24, 2.45) is 11.5 Å². The topological polar surface area (TPSA) is 121 Å². The lowest BCUT2D eigenvalue weighted by Gasteiger charge is -2.13. The highest BCUT2D eigenvalue weighted by Gasteiger charge is 2.07. The van der Waals surface area contributed by atoms with Crippen LogP contribution < -0.4 is 11.5 Å². The van der Waals surface area contributed by atoms with Crippen LogP contribution in [-0.2, 0) is 0 Å². The van der Waals surface area contributed by atoms with Crippen LogP contribution in [0.2, 0.25) is 0 Å². The lowest BCUT2D eigenvalue weighted by Crippen LogP contribution is -2.29. The molecule has 0 aliphatic carbocycles. The first-order valence-corrected chi connectivity index (χ1v) is 9.47. The van der Waals surface area contributed by atoms with Crippen molar-refractivity contribution < 1.29 is 4.92 Å². The van der Waals surface area contributed by atoms with Crippen LogP contribution in [0.15, 0.2) is 42.7 Å². The van der Waals surface area contributed by atoms with Crippen molar-refractivity contribution in [1.29, 1.82) is 0 Å². The van der Waals surface area contributed by atoms with Crippen LogP contribution >= 0.6 is 0 Å². The highest BCUT2D eigenvalue weighted by molar-refractivity contribution is 5.58. The Morgan fingerprint density at radius 1 is 1.11 bits per heavy atom. The summed E-state index contributed by atoms with van der Waals surface area (Å²) in [5.41, 5.74) is 12.2. The third kappa shape index (κ3) is 9.77. The third-order valence-corrected chi connectivity index (χ3v) is 3.98. The molecule has 2 unspecified atom stereocenters. The van der Waals surface area contributed by atoms with Gasteiger partial charge in [0, 0.05) is 42.2 Å². The largest absolute Gasteiger partial charge is 0.328 e. The zero-order chi connectivity index (χ0) is 20.1. The van der Waals surface area contributed by atoms with E-state index in [2.05, 4.69) is 16.9 Å². The van der Waals surface area contributed by atoms with Gasteiger partial charge in [0.15, 0.2) is 5.82 Å².